The summed E-state index contributed by atoms with van der Waals surface area (Å²) in [6.07, 6.45) is 6.71. The highest BCUT2D eigenvalue weighted by Gasteiger charge is 2.22. The maximum atomic E-state index is 12.4. The fourth-order valence-corrected chi connectivity index (χ4v) is 4.62. The maximum absolute atomic E-state index is 12.4. The average Bonchev–Trinajstić information content (AvgIpc) is 3.02. The van der Waals surface area contributed by atoms with E-state index >= 15 is 0 Å². The van der Waals surface area contributed by atoms with E-state index in [0.29, 0.717) is 5.92 Å². The van der Waals surface area contributed by atoms with Gasteiger partial charge in [0.1, 0.15) is 0 Å². The number of aromatic nitrogens is 3. The maximum Gasteiger partial charge on any atom is 0.267 e. The third-order valence-corrected chi connectivity index (χ3v) is 6.29. The van der Waals surface area contributed by atoms with Crippen molar-refractivity contribution in [1.29, 1.82) is 0 Å². The average molecular weight is 359 g/mol. The zero-order valence-corrected chi connectivity index (χ0v) is 15.7. The summed E-state index contributed by atoms with van der Waals surface area (Å²) in [5, 5.41) is 7.98. The second kappa shape index (κ2) is 7.38. The highest BCUT2D eigenvalue weighted by atomic mass is 32.1. The van der Waals surface area contributed by atoms with Gasteiger partial charge in [0.25, 0.3) is 5.56 Å². The van der Waals surface area contributed by atoms with Crippen LogP contribution in [-0.4, -0.2) is 32.8 Å². The fourth-order valence-electron chi connectivity index (χ4n) is 4.01. The van der Waals surface area contributed by atoms with Crippen LogP contribution in [0.5, 0.6) is 0 Å². The Labute approximate surface area is 152 Å². The van der Waals surface area contributed by atoms with Gasteiger partial charge in [0, 0.05) is 24.5 Å². The molecule has 1 aliphatic carbocycles. The minimum Gasteiger partial charge on any atom is -0.297 e. The molecule has 1 saturated heterocycles. The number of thiazole rings is 1. The van der Waals surface area contributed by atoms with Gasteiger partial charge < -0.3 is 0 Å². The lowest BCUT2D eigenvalue weighted by Crippen LogP contribution is -2.37. The topological polar surface area (TPSA) is 51.0 Å². The molecule has 0 unspecified atom stereocenters. The Bertz CT molecular complexity index is 789. The highest BCUT2D eigenvalue weighted by Crippen LogP contribution is 2.22. The lowest BCUT2D eigenvalue weighted by atomic mass is 9.96. The Kier molecular flexibility index (Phi) is 4.99. The Hall–Kier alpha value is -1.53. The summed E-state index contributed by atoms with van der Waals surface area (Å²) in [4.78, 5) is 19.4. The summed E-state index contributed by atoms with van der Waals surface area (Å²) in [5.74, 6) is 0.556. The molecule has 0 bridgehead atoms. The minimum absolute atomic E-state index is 0.0843. The normalized spacial score (nSPS) is 19.1. The molecule has 2 aromatic rings. The van der Waals surface area contributed by atoms with Gasteiger partial charge in [0.15, 0.2) is 0 Å². The van der Waals surface area contributed by atoms with Crippen LogP contribution in [0.15, 0.2) is 16.2 Å². The van der Waals surface area contributed by atoms with Crippen LogP contribution in [-0.2, 0) is 25.9 Å². The molecule has 0 amide bonds. The zero-order chi connectivity index (χ0) is 17.2. The van der Waals surface area contributed by atoms with Crippen LogP contribution < -0.4 is 5.56 Å². The molecule has 4 rings (SSSR count). The van der Waals surface area contributed by atoms with Crippen molar-refractivity contribution in [3.8, 4) is 0 Å². The van der Waals surface area contributed by atoms with Crippen LogP contribution >= 0.6 is 11.3 Å². The van der Waals surface area contributed by atoms with Gasteiger partial charge in [0.2, 0.25) is 0 Å². The summed E-state index contributed by atoms with van der Waals surface area (Å²) >= 11 is 1.72. The molecule has 0 atom stereocenters. The van der Waals surface area contributed by atoms with Crippen molar-refractivity contribution in [3.63, 3.8) is 0 Å². The molecular weight excluding hydrogens is 332 g/mol. The summed E-state index contributed by atoms with van der Waals surface area (Å²) in [6, 6.07) is 1.83. The van der Waals surface area contributed by atoms with Gasteiger partial charge in [-0.1, -0.05) is 0 Å². The van der Waals surface area contributed by atoms with Crippen molar-refractivity contribution < 1.29 is 0 Å². The van der Waals surface area contributed by atoms with Gasteiger partial charge in [-0.2, -0.15) is 5.10 Å². The number of fused-ring (bicyclic) bond motifs is 1. The quantitative estimate of drug-likeness (QED) is 0.843. The summed E-state index contributed by atoms with van der Waals surface area (Å²) < 4.78 is 1.73. The van der Waals surface area contributed by atoms with E-state index in [1.807, 2.05) is 6.07 Å². The minimum atomic E-state index is 0.0843. The van der Waals surface area contributed by atoms with E-state index < -0.39 is 0 Å². The molecule has 2 aromatic heterocycles. The van der Waals surface area contributed by atoms with Gasteiger partial charge in [-0.3, -0.25) is 9.69 Å². The number of piperidine rings is 1. The zero-order valence-electron chi connectivity index (χ0n) is 14.9. The monoisotopic (exact) mass is 358 g/mol. The summed E-state index contributed by atoms with van der Waals surface area (Å²) in [7, 11) is 0. The summed E-state index contributed by atoms with van der Waals surface area (Å²) in [6.45, 7) is 5.95. The van der Waals surface area contributed by atoms with Crippen LogP contribution in [0.3, 0.4) is 0 Å². The number of nitrogens with zero attached hydrogens (tertiary/aromatic N) is 4. The first-order chi connectivity index (χ1) is 12.2. The molecular formula is C19H26N4OS. The number of hydrogen-bond donors (Lipinski definition) is 0. The predicted octanol–water partition coefficient (Wildman–Crippen LogP) is 2.80. The third kappa shape index (κ3) is 4.01. The molecule has 0 spiro atoms. The largest absolute Gasteiger partial charge is 0.297 e. The van der Waals surface area contributed by atoms with Crippen LogP contribution in [0.2, 0.25) is 0 Å². The molecule has 1 fully saturated rings. The molecule has 6 heteroatoms. The number of rotatable bonds is 4. The molecule has 1 aliphatic heterocycles. The molecule has 0 radical (unpaired) electrons. The van der Waals surface area contributed by atoms with E-state index in [1.54, 1.807) is 16.0 Å². The Morgan fingerprint density at radius 1 is 1.24 bits per heavy atom. The molecule has 134 valence electrons. The van der Waals surface area contributed by atoms with Gasteiger partial charge in [-0.15, -0.1) is 11.3 Å². The van der Waals surface area contributed by atoms with Crippen molar-refractivity contribution >= 4 is 11.3 Å². The summed E-state index contributed by atoms with van der Waals surface area (Å²) in [5.41, 5.74) is 3.61. The van der Waals surface area contributed by atoms with Crippen molar-refractivity contribution in [1.82, 2.24) is 19.7 Å². The first-order valence-electron chi connectivity index (χ1n) is 9.40. The second-order valence-electron chi connectivity index (χ2n) is 7.42. The van der Waals surface area contributed by atoms with Crippen LogP contribution in [0, 0.1) is 12.8 Å². The molecule has 5 nitrogen and oxygen atoms in total. The SMILES string of the molecule is Cc1nc(CN2CCC(Cn3nc4c(cc3=O)CCCC4)CC2)cs1. The Morgan fingerprint density at radius 3 is 2.80 bits per heavy atom. The van der Waals surface area contributed by atoms with E-state index in [9.17, 15) is 4.79 Å². The van der Waals surface area contributed by atoms with Crippen molar-refractivity contribution in [2.75, 3.05) is 13.1 Å². The van der Waals surface area contributed by atoms with Gasteiger partial charge >= 0.3 is 0 Å². The third-order valence-electron chi connectivity index (χ3n) is 5.46. The number of aryl methyl sites for hydroxylation is 3. The van der Waals surface area contributed by atoms with Crippen LogP contribution in [0.25, 0.3) is 0 Å². The van der Waals surface area contributed by atoms with Gasteiger partial charge in [0.05, 0.1) is 16.4 Å². The molecule has 3 heterocycles. The smallest absolute Gasteiger partial charge is 0.267 e. The van der Waals surface area contributed by atoms with Gasteiger partial charge in [-0.25, -0.2) is 9.67 Å². The standard InChI is InChI=1S/C19H26N4OS/c1-14-20-17(13-25-14)12-22-8-6-15(7-9-22)11-23-19(24)10-16-4-2-3-5-18(16)21-23/h10,13,15H,2-9,11-12H2,1H3. The van der Waals surface area contributed by atoms with E-state index in [4.69, 9.17) is 0 Å². The number of hydrogen-bond acceptors (Lipinski definition) is 5. The van der Waals surface area contributed by atoms with Crippen molar-refractivity contribution in [2.45, 2.75) is 58.5 Å². The Balaban J connectivity index is 1.35. The van der Waals surface area contributed by atoms with E-state index in [0.717, 1.165) is 62.6 Å². The number of likely N-dealkylation sites (tertiary alicyclic amines) is 1. The van der Waals surface area contributed by atoms with E-state index in [1.165, 1.54) is 24.1 Å². The molecule has 2 aliphatic rings. The van der Waals surface area contributed by atoms with Gasteiger partial charge in [-0.05, 0) is 70.0 Å². The van der Waals surface area contributed by atoms with Crippen LogP contribution in [0.4, 0.5) is 0 Å². The highest BCUT2D eigenvalue weighted by molar-refractivity contribution is 7.09. The van der Waals surface area contributed by atoms with Crippen LogP contribution in [0.1, 0.15) is 47.6 Å². The molecule has 25 heavy (non-hydrogen) atoms. The first-order valence-corrected chi connectivity index (χ1v) is 10.3. The van der Waals surface area contributed by atoms with Crippen molar-refractivity contribution in [2.24, 2.45) is 5.92 Å². The van der Waals surface area contributed by atoms with E-state index in [2.05, 4.69) is 27.3 Å². The molecule has 0 N–H and O–H groups in total. The first kappa shape index (κ1) is 16.9. The fraction of sp³-hybridized carbons (Fsp3) is 0.632. The lowest BCUT2D eigenvalue weighted by molar-refractivity contribution is 0.162. The van der Waals surface area contributed by atoms with E-state index in [-0.39, 0.29) is 5.56 Å². The predicted molar refractivity (Wildman–Crippen MR) is 100.0 cm³/mol. The Morgan fingerprint density at radius 2 is 2.04 bits per heavy atom. The lowest BCUT2D eigenvalue weighted by Gasteiger charge is -2.31. The second-order valence-corrected chi connectivity index (χ2v) is 8.48. The van der Waals surface area contributed by atoms with Crippen molar-refractivity contribution in [3.05, 3.63) is 43.8 Å². The molecule has 0 saturated carbocycles. The molecule has 0 aromatic carbocycles.